The third kappa shape index (κ3) is 1.51. The van der Waals surface area contributed by atoms with Crippen LogP contribution in [-0.4, -0.2) is 5.71 Å². The standard InChI is InChI=1S/C6H5Cl2NS/c1-3(9)4-2-5(7)10-6(4)8/h2,9H,1H3. The summed E-state index contributed by atoms with van der Waals surface area (Å²) in [5, 5.41) is 7.25. The largest absolute Gasteiger partial charge is 0.305 e. The van der Waals surface area contributed by atoms with Crippen LogP contribution in [0.1, 0.15) is 12.5 Å². The summed E-state index contributed by atoms with van der Waals surface area (Å²) in [4.78, 5) is 0. The Kier molecular flexibility index (Phi) is 2.34. The van der Waals surface area contributed by atoms with Gasteiger partial charge in [0.25, 0.3) is 0 Å². The second kappa shape index (κ2) is 2.91. The van der Waals surface area contributed by atoms with E-state index in [1.54, 1.807) is 13.0 Å². The van der Waals surface area contributed by atoms with Gasteiger partial charge in [0.15, 0.2) is 0 Å². The van der Waals surface area contributed by atoms with Gasteiger partial charge in [0, 0.05) is 11.3 Å². The van der Waals surface area contributed by atoms with Crippen LogP contribution in [0.3, 0.4) is 0 Å². The first-order valence-corrected chi connectivity index (χ1v) is 4.19. The van der Waals surface area contributed by atoms with Crippen LogP contribution in [0.2, 0.25) is 8.67 Å². The van der Waals surface area contributed by atoms with E-state index in [9.17, 15) is 0 Å². The Morgan fingerprint density at radius 2 is 2.20 bits per heavy atom. The number of rotatable bonds is 1. The minimum atomic E-state index is 0.452. The highest BCUT2D eigenvalue weighted by Gasteiger charge is 2.06. The molecule has 1 aromatic rings. The van der Waals surface area contributed by atoms with Crippen LogP contribution in [0.25, 0.3) is 0 Å². The van der Waals surface area contributed by atoms with Crippen molar-refractivity contribution in [2.75, 3.05) is 0 Å². The first-order valence-electron chi connectivity index (χ1n) is 2.61. The van der Waals surface area contributed by atoms with Crippen LogP contribution in [-0.2, 0) is 0 Å². The van der Waals surface area contributed by atoms with Crippen LogP contribution in [0.4, 0.5) is 0 Å². The molecule has 0 aromatic carbocycles. The zero-order valence-electron chi connectivity index (χ0n) is 5.24. The van der Waals surface area contributed by atoms with Crippen molar-refractivity contribution in [3.63, 3.8) is 0 Å². The van der Waals surface area contributed by atoms with Gasteiger partial charge in [-0.05, 0) is 13.0 Å². The number of nitrogens with one attached hydrogen (secondary N) is 1. The normalized spacial score (nSPS) is 9.90. The molecule has 1 rings (SSSR count). The van der Waals surface area contributed by atoms with Gasteiger partial charge in [0.1, 0.15) is 4.34 Å². The highest BCUT2D eigenvalue weighted by molar-refractivity contribution is 7.20. The van der Waals surface area contributed by atoms with Gasteiger partial charge in [0.05, 0.1) is 4.34 Å². The summed E-state index contributed by atoms with van der Waals surface area (Å²) in [5.74, 6) is 0. The van der Waals surface area contributed by atoms with Gasteiger partial charge in [-0.25, -0.2) is 0 Å². The molecule has 1 nitrogen and oxygen atoms in total. The molecule has 0 spiro atoms. The number of thiophene rings is 1. The number of halogens is 2. The Labute approximate surface area is 73.1 Å². The molecule has 1 heterocycles. The topological polar surface area (TPSA) is 23.9 Å². The zero-order chi connectivity index (χ0) is 7.72. The van der Waals surface area contributed by atoms with Gasteiger partial charge in [-0.3, -0.25) is 0 Å². The van der Waals surface area contributed by atoms with E-state index in [1.807, 2.05) is 0 Å². The fourth-order valence-electron chi connectivity index (χ4n) is 0.596. The molecule has 0 aliphatic carbocycles. The lowest BCUT2D eigenvalue weighted by Gasteiger charge is -1.89. The summed E-state index contributed by atoms with van der Waals surface area (Å²) in [6.07, 6.45) is 0. The highest BCUT2D eigenvalue weighted by atomic mass is 35.5. The molecule has 54 valence electrons. The quantitative estimate of drug-likeness (QED) is 0.662. The molecular weight excluding hydrogens is 189 g/mol. The predicted octanol–water partition coefficient (Wildman–Crippen LogP) is 3.44. The predicted molar refractivity (Wildman–Crippen MR) is 46.8 cm³/mol. The van der Waals surface area contributed by atoms with Gasteiger partial charge < -0.3 is 5.41 Å². The van der Waals surface area contributed by atoms with Crippen LogP contribution in [0.15, 0.2) is 6.07 Å². The van der Waals surface area contributed by atoms with Gasteiger partial charge >= 0.3 is 0 Å². The first kappa shape index (κ1) is 8.05. The van der Waals surface area contributed by atoms with Gasteiger partial charge in [-0.2, -0.15) is 0 Å². The van der Waals surface area contributed by atoms with Crippen molar-refractivity contribution in [3.05, 3.63) is 20.3 Å². The summed E-state index contributed by atoms with van der Waals surface area (Å²) >= 11 is 12.7. The van der Waals surface area contributed by atoms with Crippen molar-refractivity contribution >= 4 is 40.3 Å². The van der Waals surface area contributed by atoms with E-state index in [-0.39, 0.29) is 0 Å². The van der Waals surface area contributed by atoms with Crippen molar-refractivity contribution in [1.29, 1.82) is 5.41 Å². The Morgan fingerprint density at radius 3 is 2.40 bits per heavy atom. The maximum absolute atomic E-state index is 7.25. The molecule has 0 unspecified atom stereocenters. The van der Waals surface area contributed by atoms with Gasteiger partial charge in [0.2, 0.25) is 0 Å². The van der Waals surface area contributed by atoms with Gasteiger partial charge in [-0.15, -0.1) is 11.3 Å². The molecular formula is C6H5Cl2NS. The monoisotopic (exact) mass is 193 g/mol. The van der Waals surface area contributed by atoms with Crippen LogP contribution in [0, 0.1) is 5.41 Å². The molecule has 0 radical (unpaired) electrons. The molecule has 1 aromatic heterocycles. The average molecular weight is 194 g/mol. The molecule has 0 saturated heterocycles. The van der Waals surface area contributed by atoms with Crippen molar-refractivity contribution in [2.24, 2.45) is 0 Å². The summed E-state index contributed by atoms with van der Waals surface area (Å²) < 4.78 is 1.23. The lowest BCUT2D eigenvalue weighted by molar-refractivity contribution is 1.47. The second-order valence-electron chi connectivity index (χ2n) is 1.86. The Morgan fingerprint density at radius 1 is 1.60 bits per heavy atom. The lowest BCUT2D eigenvalue weighted by atomic mass is 10.2. The molecule has 0 aliphatic heterocycles. The average Bonchev–Trinajstić information content (AvgIpc) is 2.10. The highest BCUT2D eigenvalue weighted by Crippen LogP contribution is 2.31. The van der Waals surface area contributed by atoms with E-state index < -0.39 is 0 Å². The van der Waals surface area contributed by atoms with E-state index in [1.165, 1.54) is 11.3 Å². The molecule has 1 N–H and O–H groups in total. The fraction of sp³-hybridized carbons (Fsp3) is 0.167. The molecule has 0 aliphatic rings. The molecule has 0 amide bonds. The van der Waals surface area contributed by atoms with Gasteiger partial charge in [-0.1, -0.05) is 23.2 Å². The number of hydrogen-bond donors (Lipinski definition) is 1. The Hall–Kier alpha value is -0.0500. The van der Waals surface area contributed by atoms with Crippen LogP contribution >= 0.6 is 34.5 Å². The van der Waals surface area contributed by atoms with Crippen LogP contribution in [0.5, 0.6) is 0 Å². The van der Waals surface area contributed by atoms with Crippen molar-refractivity contribution in [3.8, 4) is 0 Å². The summed E-state index contributed by atoms with van der Waals surface area (Å²) in [7, 11) is 0. The zero-order valence-corrected chi connectivity index (χ0v) is 7.57. The minimum absolute atomic E-state index is 0.452. The summed E-state index contributed by atoms with van der Waals surface area (Å²) in [6.45, 7) is 1.68. The Bertz CT molecular complexity index is 267. The van der Waals surface area contributed by atoms with Crippen LogP contribution < -0.4 is 0 Å². The maximum Gasteiger partial charge on any atom is 0.103 e. The van der Waals surface area contributed by atoms with E-state index in [2.05, 4.69) is 0 Å². The van der Waals surface area contributed by atoms with Crippen molar-refractivity contribution in [1.82, 2.24) is 0 Å². The third-order valence-electron chi connectivity index (χ3n) is 1.06. The van der Waals surface area contributed by atoms with Crippen molar-refractivity contribution in [2.45, 2.75) is 6.92 Å². The molecule has 10 heavy (non-hydrogen) atoms. The summed E-state index contributed by atoms with van der Waals surface area (Å²) in [6, 6.07) is 1.71. The minimum Gasteiger partial charge on any atom is -0.305 e. The molecule has 0 bridgehead atoms. The molecule has 0 fully saturated rings. The molecule has 0 saturated carbocycles. The second-order valence-corrected chi connectivity index (χ2v) is 4.15. The SMILES string of the molecule is CC(=N)c1cc(Cl)sc1Cl. The van der Waals surface area contributed by atoms with E-state index >= 15 is 0 Å². The fourth-order valence-corrected chi connectivity index (χ4v) is 2.17. The van der Waals surface area contributed by atoms with E-state index in [4.69, 9.17) is 28.6 Å². The van der Waals surface area contributed by atoms with Crippen molar-refractivity contribution < 1.29 is 0 Å². The Balaban J connectivity index is 3.15. The lowest BCUT2D eigenvalue weighted by Crippen LogP contribution is -1.87. The first-order chi connectivity index (χ1) is 4.61. The smallest absolute Gasteiger partial charge is 0.103 e. The number of hydrogen-bond acceptors (Lipinski definition) is 2. The molecule has 4 heteroatoms. The maximum atomic E-state index is 7.25. The molecule has 0 atom stereocenters. The third-order valence-corrected chi connectivity index (χ3v) is 2.55. The van der Waals surface area contributed by atoms with E-state index in [0.717, 1.165) is 5.56 Å². The summed E-state index contributed by atoms with van der Waals surface area (Å²) in [5.41, 5.74) is 1.19. The van der Waals surface area contributed by atoms with E-state index in [0.29, 0.717) is 14.4 Å².